The number of benzene rings is 1. The average Bonchev–Trinajstić information content (AvgIpc) is 3.02. The summed E-state index contributed by atoms with van der Waals surface area (Å²) in [6.07, 6.45) is 5.37. The Labute approximate surface area is 156 Å². The van der Waals surface area contributed by atoms with Crippen LogP contribution in [0.2, 0.25) is 0 Å². The molecule has 1 saturated heterocycles. The number of aromatic nitrogens is 2. The highest BCUT2D eigenvalue weighted by Crippen LogP contribution is 2.20. The maximum Gasteiger partial charge on any atom is 0.224 e. The third-order valence-electron chi connectivity index (χ3n) is 4.91. The summed E-state index contributed by atoms with van der Waals surface area (Å²) >= 11 is 0. The lowest BCUT2D eigenvalue weighted by molar-refractivity contribution is -0.121. The van der Waals surface area contributed by atoms with Gasteiger partial charge in [-0.1, -0.05) is 32.0 Å². The number of piperidine rings is 1. The highest BCUT2D eigenvalue weighted by atomic mass is 16.1. The second-order valence-corrected chi connectivity index (χ2v) is 7.94. The van der Waals surface area contributed by atoms with E-state index in [4.69, 9.17) is 0 Å². The minimum absolute atomic E-state index is 0.0585. The van der Waals surface area contributed by atoms with Crippen LogP contribution in [0.3, 0.4) is 0 Å². The lowest BCUT2D eigenvalue weighted by Gasteiger charge is -2.36. The summed E-state index contributed by atoms with van der Waals surface area (Å²) in [4.78, 5) is 14.9. The van der Waals surface area contributed by atoms with Crippen LogP contribution in [0.1, 0.15) is 32.8 Å². The van der Waals surface area contributed by atoms with E-state index in [1.165, 1.54) is 6.42 Å². The van der Waals surface area contributed by atoms with Gasteiger partial charge in [0.05, 0.1) is 18.3 Å². The quantitative estimate of drug-likeness (QED) is 0.868. The molecule has 0 saturated carbocycles. The highest BCUT2D eigenvalue weighted by Gasteiger charge is 2.23. The van der Waals surface area contributed by atoms with Gasteiger partial charge in [0.2, 0.25) is 5.91 Å². The number of amides is 1. The summed E-state index contributed by atoms with van der Waals surface area (Å²) in [6.45, 7) is 9.91. The van der Waals surface area contributed by atoms with Crippen molar-refractivity contribution < 1.29 is 4.79 Å². The molecule has 2 heterocycles. The zero-order chi connectivity index (χ0) is 18.5. The zero-order valence-corrected chi connectivity index (χ0v) is 16.1. The zero-order valence-electron chi connectivity index (χ0n) is 16.1. The van der Waals surface area contributed by atoms with Gasteiger partial charge in [0, 0.05) is 31.9 Å². The van der Waals surface area contributed by atoms with Crippen LogP contribution in [0.4, 0.5) is 0 Å². The molecular weight excluding hydrogens is 324 g/mol. The van der Waals surface area contributed by atoms with Gasteiger partial charge >= 0.3 is 0 Å². The molecule has 3 atom stereocenters. The molecule has 5 nitrogen and oxygen atoms in total. The van der Waals surface area contributed by atoms with E-state index < -0.39 is 0 Å². The summed E-state index contributed by atoms with van der Waals surface area (Å²) < 4.78 is 1.81. The molecule has 0 aliphatic carbocycles. The van der Waals surface area contributed by atoms with E-state index >= 15 is 0 Å². The van der Waals surface area contributed by atoms with Crippen LogP contribution in [0.5, 0.6) is 0 Å². The number of nitrogens with one attached hydrogen (secondary N) is 1. The van der Waals surface area contributed by atoms with E-state index in [0.29, 0.717) is 6.42 Å². The fourth-order valence-corrected chi connectivity index (χ4v) is 4.06. The number of hydrogen-bond acceptors (Lipinski definition) is 3. The van der Waals surface area contributed by atoms with Gasteiger partial charge in [-0.2, -0.15) is 5.10 Å². The Balaban J connectivity index is 1.48. The third-order valence-corrected chi connectivity index (χ3v) is 4.91. The molecule has 1 amide bonds. The molecule has 2 aromatic rings. The molecular formula is C21H30N4O. The number of likely N-dealkylation sites (tertiary alicyclic amines) is 1. The van der Waals surface area contributed by atoms with Crippen LogP contribution in [-0.4, -0.2) is 46.3 Å². The predicted octanol–water partition coefficient (Wildman–Crippen LogP) is 2.90. The van der Waals surface area contributed by atoms with Crippen molar-refractivity contribution in [1.82, 2.24) is 20.0 Å². The molecule has 0 radical (unpaired) electrons. The van der Waals surface area contributed by atoms with Gasteiger partial charge in [-0.3, -0.25) is 4.79 Å². The van der Waals surface area contributed by atoms with Crippen LogP contribution in [0, 0.1) is 11.8 Å². The monoisotopic (exact) mass is 354 g/mol. The number of rotatable bonds is 6. The molecule has 26 heavy (non-hydrogen) atoms. The van der Waals surface area contributed by atoms with E-state index in [-0.39, 0.29) is 11.9 Å². The third kappa shape index (κ3) is 5.18. The van der Waals surface area contributed by atoms with Crippen molar-refractivity contribution in [3.8, 4) is 5.69 Å². The first-order chi connectivity index (χ1) is 12.5. The molecule has 0 spiro atoms. The predicted molar refractivity (Wildman–Crippen MR) is 104 cm³/mol. The van der Waals surface area contributed by atoms with Crippen molar-refractivity contribution in [2.45, 2.75) is 39.7 Å². The van der Waals surface area contributed by atoms with Crippen molar-refractivity contribution in [3.63, 3.8) is 0 Å². The molecule has 1 N–H and O–H groups in total. The van der Waals surface area contributed by atoms with Gasteiger partial charge in [-0.15, -0.1) is 0 Å². The van der Waals surface area contributed by atoms with Crippen molar-refractivity contribution in [3.05, 3.63) is 48.3 Å². The van der Waals surface area contributed by atoms with Gasteiger partial charge in [-0.05, 0) is 42.9 Å². The van der Waals surface area contributed by atoms with E-state index in [9.17, 15) is 4.79 Å². The Kier molecular flexibility index (Phi) is 6.09. The molecule has 140 valence electrons. The van der Waals surface area contributed by atoms with Gasteiger partial charge < -0.3 is 10.2 Å². The minimum atomic E-state index is 0.0585. The molecule has 3 rings (SSSR count). The van der Waals surface area contributed by atoms with E-state index in [1.807, 2.05) is 41.2 Å². The number of hydrogen-bond donors (Lipinski definition) is 1. The highest BCUT2D eigenvalue weighted by molar-refractivity contribution is 5.78. The van der Waals surface area contributed by atoms with Gasteiger partial charge in [0.25, 0.3) is 0 Å². The average molecular weight is 354 g/mol. The summed E-state index contributed by atoms with van der Waals surface area (Å²) in [5.41, 5.74) is 1.93. The van der Waals surface area contributed by atoms with Crippen LogP contribution in [-0.2, 0) is 11.2 Å². The summed E-state index contributed by atoms with van der Waals surface area (Å²) in [6, 6.07) is 10.1. The molecule has 1 aliphatic rings. The van der Waals surface area contributed by atoms with E-state index in [2.05, 4.69) is 36.1 Å². The van der Waals surface area contributed by atoms with Crippen LogP contribution >= 0.6 is 0 Å². The summed E-state index contributed by atoms with van der Waals surface area (Å²) in [5, 5.41) is 7.49. The summed E-state index contributed by atoms with van der Waals surface area (Å²) in [5.74, 6) is 1.54. The standard InChI is InChI=1S/C21H30N4O/c1-16-9-17(2)13-24(12-16)14-18(3)23-21(26)10-19-11-22-25(15-19)20-7-5-4-6-8-20/h4-8,11,15-18H,9-10,12-14H2,1-3H3,(H,23,26). The van der Waals surface area contributed by atoms with Crippen molar-refractivity contribution >= 4 is 5.91 Å². The van der Waals surface area contributed by atoms with E-state index in [0.717, 1.165) is 42.7 Å². The van der Waals surface area contributed by atoms with Crippen molar-refractivity contribution in [2.24, 2.45) is 11.8 Å². The Morgan fingerprint density at radius 2 is 1.92 bits per heavy atom. The first-order valence-electron chi connectivity index (χ1n) is 9.60. The van der Waals surface area contributed by atoms with Gasteiger partial charge in [0.1, 0.15) is 0 Å². The van der Waals surface area contributed by atoms with Crippen molar-refractivity contribution in [2.75, 3.05) is 19.6 Å². The van der Waals surface area contributed by atoms with Crippen LogP contribution in [0.25, 0.3) is 5.69 Å². The largest absolute Gasteiger partial charge is 0.352 e. The van der Waals surface area contributed by atoms with E-state index in [1.54, 1.807) is 6.20 Å². The Morgan fingerprint density at radius 3 is 2.62 bits per heavy atom. The van der Waals surface area contributed by atoms with Gasteiger partial charge in [-0.25, -0.2) is 4.68 Å². The molecule has 1 fully saturated rings. The number of nitrogens with zero attached hydrogens (tertiary/aromatic N) is 3. The lowest BCUT2D eigenvalue weighted by Crippen LogP contribution is -2.47. The molecule has 3 unspecified atom stereocenters. The minimum Gasteiger partial charge on any atom is -0.352 e. The SMILES string of the molecule is CC1CC(C)CN(CC(C)NC(=O)Cc2cnn(-c3ccccc3)c2)C1. The smallest absolute Gasteiger partial charge is 0.224 e. The molecule has 1 aromatic carbocycles. The van der Waals surface area contributed by atoms with Crippen LogP contribution in [0.15, 0.2) is 42.7 Å². The molecule has 5 heteroatoms. The number of para-hydroxylation sites is 1. The maximum atomic E-state index is 12.4. The van der Waals surface area contributed by atoms with Crippen molar-refractivity contribution in [1.29, 1.82) is 0 Å². The maximum absolute atomic E-state index is 12.4. The molecule has 0 bridgehead atoms. The topological polar surface area (TPSA) is 50.2 Å². The second-order valence-electron chi connectivity index (χ2n) is 7.94. The Bertz CT molecular complexity index is 702. The fraction of sp³-hybridized carbons (Fsp3) is 0.524. The summed E-state index contributed by atoms with van der Waals surface area (Å²) in [7, 11) is 0. The Morgan fingerprint density at radius 1 is 1.23 bits per heavy atom. The first kappa shape index (κ1) is 18.6. The van der Waals surface area contributed by atoms with Gasteiger partial charge in [0.15, 0.2) is 0 Å². The second kappa shape index (κ2) is 8.49. The Hall–Kier alpha value is -2.14. The molecule has 1 aliphatic heterocycles. The normalized spacial score (nSPS) is 22.1. The lowest BCUT2D eigenvalue weighted by atomic mass is 9.92. The fourth-order valence-electron chi connectivity index (χ4n) is 4.06. The van der Waals surface area contributed by atoms with Crippen LogP contribution < -0.4 is 5.32 Å². The number of carbonyl (C=O) groups excluding carboxylic acids is 1. The molecule has 1 aromatic heterocycles. The number of carbonyl (C=O) groups is 1. The first-order valence-corrected chi connectivity index (χ1v) is 9.60.